The molecule has 0 radical (unpaired) electrons. The molecule has 0 aliphatic heterocycles. The lowest BCUT2D eigenvalue weighted by atomic mass is 10.2. The molecule has 0 N–H and O–H groups in total. The molecule has 0 fully saturated rings. The molecule has 1 amide bonds. The van der Waals surface area contributed by atoms with Gasteiger partial charge in [0.2, 0.25) is 5.82 Å². The van der Waals surface area contributed by atoms with Crippen LogP contribution < -0.4 is 4.80 Å². The number of aryl methyl sites for hydroxylation is 1. The maximum absolute atomic E-state index is 12.5. The van der Waals surface area contributed by atoms with E-state index in [0.717, 1.165) is 10.2 Å². The standard InChI is InChI=1S/C17H18N4O4S/c1-20-7-6-18-14(20)15(22)19-17-21(8-9-24-2)12-5-4-11(16(23)25-3)10-13(12)26-17/h4-7,10H,8-9H2,1-3H3. The molecule has 0 atom stereocenters. The summed E-state index contributed by atoms with van der Waals surface area (Å²) in [5.74, 6) is -0.578. The van der Waals surface area contributed by atoms with Crippen molar-refractivity contribution in [3.63, 3.8) is 0 Å². The van der Waals surface area contributed by atoms with Crippen LogP contribution in [0.5, 0.6) is 0 Å². The van der Waals surface area contributed by atoms with Crippen molar-refractivity contribution >= 4 is 33.4 Å². The zero-order chi connectivity index (χ0) is 18.7. The lowest BCUT2D eigenvalue weighted by molar-refractivity contribution is 0.0600. The Bertz CT molecular complexity index is 1030. The number of carbonyl (C=O) groups excluding carboxylic acids is 2. The minimum absolute atomic E-state index is 0.260. The van der Waals surface area contributed by atoms with Crippen molar-refractivity contribution < 1.29 is 19.1 Å². The van der Waals surface area contributed by atoms with Gasteiger partial charge in [-0.25, -0.2) is 9.78 Å². The molecule has 136 valence electrons. The summed E-state index contributed by atoms with van der Waals surface area (Å²) in [7, 11) is 4.69. The Hall–Kier alpha value is -2.78. The van der Waals surface area contributed by atoms with E-state index in [4.69, 9.17) is 9.47 Å². The first-order valence-electron chi connectivity index (χ1n) is 7.82. The number of hydrogen-bond acceptors (Lipinski definition) is 6. The zero-order valence-corrected chi connectivity index (χ0v) is 15.4. The SMILES string of the molecule is COCCn1c(=NC(=O)c2nccn2C)sc2cc(C(=O)OC)ccc21. The number of ether oxygens (including phenoxy) is 2. The van der Waals surface area contributed by atoms with Crippen LogP contribution in [-0.4, -0.2) is 46.8 Å². The Balaban J connectivity index is 2.13. The van der Waals surface area contributed by atoms with Gasteiger partial charge in [0.05, 0.1) is 29.5 Å². The Kier molecular flexibility index (Phi) is 5.29. The lowest BCUT2D eigenvalue weighted by Gasteiger charge is -2.05. The van der Waals surface area contributed by atoms with E-state index < -0.39 is 11.9 Å². The number of aromatic nitrogens is 3. The molecule has 0 unspecified atom stereocenters. The second kappa shape index (κ2) is 7.63. The van der Waals surface area contributed by atoms with Crippen LogP contribution in [0.1, 0.15) is 21.0 Å². The summed E-state index contributed by atoms with van der Waals surface area (Å²) in [6.45, 7) is 0.995. The van der Waals surface area contributed by atoms with Crippen LogP contribution in [0.3, 0.4) is 0 Å². The van der Waals surface area contributed by atoms with Crippen molar-refractivity contribution in [2.75, 3.05) is 20.8 Å². The number of nitrogens with zero attached hydrogens (tertiary/aromatic N) is 4. The number of thiazole rings is 1. The van der Waals surface area contributed by atoms with Gasteiger partial charge in [-0.3, -0.25) is 4.79 Å². The van der Waals surface area contributed by atoms with Gasteiger partial charge in [0.15, 0.2) is 4.80 Å². The molecule has 0 saturated carbocycles. The van der Waals surface area contributed by atoms with Gasteiger partial charge < -0.3 is 18.6 Å². The number of rotatable bonds is 5. The smallest absolute Gasteiger partial charge is 0.337 e. The van der Waals surface area contributed by atoms with Crippen molar-refractivity contribution in [1.82, 2.24) is 14.1 Å². The van der Waals surface area contributed by atoms with Crippen molar-refractivity contribution in [3.05, 3.63) is 46.8 Å². The van der Waals surface area contributed by atoms with Crippen LogP contribution in [0.4, 0.5) is 0 Å². The van der Waals surface area contributed by atoms with Crippen LogP contribution in [-0.2, 0) is 23.1 Å². The fourth-order valence-corrected chi connectivity index (χ4v) is 3.60. The first kappa shape index (κ1) is 18.0. The van der Waals surface area contributed by atoms with Crippen LogP contribution in [0.25, 0.3) is 10.2 Å². The second-order valence-electron chi connectivity index (χ2n) is 5.48. The Morgan fingerprint density at radius 1 is 1.31 bits per heavy atom. The number of carbonyl (C=O) groups is 2. The summed E-state index contributed by atoms with van der Waals surface area (Å²) in [5.41, 5.74) is 1.31. The molecule has 0 bridgehead atoms. The molecule has 8 nitrogen and oxygen atoms in total. The largest absolute Gasteiger partial charge is 0.465 e. The fourth-order valence-electron chi connectivity index (χ4n) is 2.51. The maximum Gasteiger partial charge on any atom is 0.337 e. The number of benzene rings is 1. The minimum Gasteiger partial charge on any atom is -0.465 e. The Morgan fingerprint density at radius 3 is 2.77 bits per heavy atom. The van der Waals surface area contributed by atoms with Crippen molar-refractivity contribution in [1.29, 1.82) is 0 Å². The predicted molar refractivity (Wildman–Crippen MR) is 96.1 cm³/mol. The molecule has 0 saturated heterocycles. The maximum atomic E-state index is 12.5. The average Bonchev–Trinajstić information content (AvgIpc) is 3.21. The van der Waals surface area contributed by atoms with Crippen molar-refractivity contribution in [2.45, 2.75) is 6.54 Å². The van der Waals surface area contributed by atoms with E-state index in [-0.39, 0.29) is 5.82 Å². The molecule has 3 rings (SSSR count). The number of fused-ring (bicyclic) bond motifs is 1. The van der Waals surface area contributed by atoms with Crippen LogP contribution >= 0.6 is 11.3 Å². The van der Waals surface area contributed by atoms with Gasteiger partial charge in [0.25, 0.3) is 0 Å². The molecule has 0 aliphatic carbocycles. The first-order valence-corrected chi connectivity index (χ1v) is 8.64. The van der Waals surface area contributed by atoms with E-state index in [1.807, 2.05) is 10.6 Å². The molecular formula is C17H18N4O4S. The van der Waals surface area contributed by atoms with Crippen molar-refractivity contribution in [3.8, 4) is 0 Å². The van der Waals surface area contributed by atoms with E-state index in [1.54, 1.807) is 43.3 Å². The highest BCUT2D eigenvalue weighted by Gasteiger charge is 2.14. The molecule has 0 spiro atoms. The van der Waals surface area contributed by atoms with E-state index in [1.165, 1.54) is 18.4 Å². The number of hydrogen-bond donors (Lipinski definition) is 0. The summed E-state index contributed by atoms with van der Waals surface area (Å²) in [6.07, 6.45) is 3.24. The quantitative estimate of drug-likeness (QED) is 0.633. The third kappa shape index (κ3) is 3.44. The summed E-state index contributed by atoms with van der Waals surface area (Å²) in [6, 6.07) is 5.24. The van der Waals surface area contributed by atoms with Gasteiger partial charge in [-0.2, -0.15) is 4.99 Å². The molecule has 0 aliphatic rings. The first-order chi connectivity index (χ1) is 12.5. The number of esters is 1. The van der Waals surface area contributed by atoms with Gasteiger partial charge in [0.1, 0.15) is 0 Å². The van der Waals surface area contributed by atoms with E-state index in [9.17, 15) is 9.59 Å². The minimum atomic E-state index is -0.427. The third-order valence-corrected chi connectivity index (χ3v) is 4.87. The normalized spacial score (nSPS) is 11.9. The van der Waals surface area contributed by atoms with E-state index in [2.05, 4.69) is 9.98 Å². The molecule has 26 heavy (non-hydrogen) atoms. The molecule has 3 aromatic rings. The fraction of sp³-hybridized carbons (Fsp3) is 0.294. The average molecular weight is 374 g/mol. The summed E-state index contributed by atoms with van der Waals surface area (Å²) in [5, 5.41) is 0. The highest BCUT2D eigenvalue weighted by Crippen LogP contribution is 2.20. The molecule has 1 aromatic carbocycles. The van der Waals surface area contributed by atoms with E-state index >= 15 is 0 Å². The monoisotopic (exact) mass is 374 g/mol. The summed E-state index contributed by atoms with van der Waals surface area (Å²) >= 11 is 1.32. The van der Waals surface area contributed by atoms with Gasteiger partial charge in [0, 0.05) is 33.1 Å². The third-order valence-electron chi connectivity index (χ3n) is 3.83. The molecule has 2 aromatic heterocycles. The van der Waals surface area contributed by atoms with Gasteiger partial charge in [-0.05, 0) is 18.2 Å². The van der Waals surface area contributed by atoms with Crippen LogP contribution in [0.15, 0.2) is 35.6 Å². The second-order valence-corrected chi connectivity index (χ2v) is 6.49. The predicted octanol–water partition coefficient (Wildman–Crippen LogP) is 1.61. The molecule has 9 heteroatoms. The number of imidazole rings is 1. The summed E-state index contributed by atoms with van der Waals surface area (Å²) < 4.78 is 14.3. The zero-order valence-electron chi connectivity index (χ0n) is 14.6. The van der Waals surface area contributed by atoms with Crippen LogP contribution in [0, 0.1) is 0 Å². The number of methoxy groups -OCH3 is 2. The lowest BCUT2D eigenvalue weighted by Crippen LogP contribution is -2.20. The van der Waals surface area contributed by atoms with E-state index in [0.29, 0.717) is 23.5 Å². The Morgan fingerprint density at radius 2 is 2.12 bits per heavy atom. The van der Waals surface area contributed by atoms with Gasteiger partial charge in [-0.1, -0.05) is 11.3 Å². The highest BCUT2D eigenvalue weighted by atomic mass is 32.1. The molecule has 2 heterocycles. The molecular weight excluding hydrogens is 356 g/mol. The highest BCUT2D eigenvalue weighted by molar-refractivity contribution is 7.16. The van der Waals surface area contributed by atoms with Crippen LogP contribution in [0.2, 0.25) is 0 Å². The summed E-state index contributed by atoms with van der Waals surface area (Å²) in [4.78, 5) is 33.0. The Labute approximate surface area is 153 Å². The topological polar surface area (TPSA) is 87.7 Å². The van der Waals surface area contributed by atoms with Gasteiger partial charge >= 0.3 is 11.9 Å². The van der Waals surface area contributed by atoms with Crippen molar-refractivity contribution in [2.24, 2.45) is 12.0 Å². The number of amides is 1. The van der Waals surface area contributed by atoms with Gasteiger partial charge in [-0.15, -0.1) is 0 Å².